The molecule has 0 bridgehead atoms. The van der Waals surface area contributed by atoms with E-state index in [2.05, 4.69) is 24.2 Å². The van der Waals surface area contributed by atoms with Crippen molar-refractivity contribution in [1.29, 1.82) is 0 Å². The Morgan fingerprint density at radius 1 is 1.42 bits per heavy atom. The Morgan fingerprint density at radius 2 is 2.21 bits per heavy atom. The molecule has 0 aliphatic carbocycles. The van der Waals surface area contributed by atoms with Gasteiger partial charge in [0.25, 0.3) is 0 Å². The van der Waals surface area contributed by atoms with E-state index < -0.39 is 0 Å². The first kappa shape index (κ1) is 14.5. The second-order valence-corrected chi connectivity index (χ2v) is 5.61. The first-order valence-electron chi connectivity index (χ1n) is 7.36. The second-order valence-electron chi connectivity index (χ2n) is 5.61. The Morgan fingerprint density at radius 3 is 2.89 bits per heavy atom. The van der Waals surface area contributed by atoms with Gasteiger partial charge in [-0.25, -0.2) is 4.39 Å². The highest BCUT2D eigenvalue weighted by Gasteiger charge is 2.17. The van der Waals surface area contributed by atoms with Crippen LogP contribution >= 0.6 is 0 Å². The van der Waals surface area contributed by atoms with Crippen LogP contribution in [0.5, 0.6) is 0 Å². The topological polar surface area (TPSA) is 15.3 Å². The van der Waals surface area contributed by atoms with Crippen LogP contribution in [0.2, 0.25) is 0 Å². The Hall–Kier alpha value is -0.930. The zero-order valence-electron chi connectivity index (χ0n) is 12.0. The molecule has 1 aliphatic heterocycles. The van der Waals surface area contributed by atoms with Crippen molar-refractivity contribution in [3.8, 4) is 0 Å². The van der Waals surface area contributed by atoms with Crippen LogP contribution in [0.3, 0.4) is 0 Å². The van der Waals surface area contributed by atoms with Crippen LogP contribution in [-0.2, 0) is 0 Å². The molecule has 1 aromatic carbocycles. The Balaban J connectivity index is 1.78. The van der Waals surface area contributed by atoms with Crippen molar-refractivity contribution in [2.24, 2.45) is 0 Å². The lowest BCUT2D eigenvalue weighted by Gasteiger charge is -2.25. The Bertz CT molecular complexity index is 388. The predicted molar refractivity (Wildman–Crippen MR) is 77.7 cm³/mol. The molecule has 1 saturated heterocycles. The molecule has 1 aliphatic rings. The normalized spacial score (nSPS) is 20.9. The van der Waals surface area contributed by atoms with Gasteiger partial charge in [-0.2, -0.15) is 0 Å². The Labute approximate surface area is 116 Å². The molecule has 2 atom stereocenters. The molecule has 2 rings (SSSR count). The van der Waals surface area contributed by atoms with E-state index in [9.17, 15) is 4.39 Å². The average Bonchev–Trinajstić information content (AvgIpc) is 2.91. The fraction of sp³-hybridized carbons (Fsp3) is 0.625. The van der Waals surface area contributed by atoms with Crippen molar-refractivity contribution >= 4 is 0 Å². The van der Waals surface area contributed by atoms with Crippen molar-refractivity contribution in [1.82, 2.24) is 10.2 Å². The fourth-order valence-corrected chi connectivity index (χ4v) is 2.84. The molecule has 1 N–H and O–H groups in total. The van der Waals surface area contributed by atoms with E-state index in [1.54, 1.807) is 12.1 Å². The zero-order valence-corrected chi connectivity index (χ0v) is 12.0. The lowest BCUT2D eigenvalue weighted by Crippen LogP contribution is -2.27. The summed E-state index contributed by atoms with van der Waals surface area (Å²) in [4.78, 5) is 2.24. The minimum atomic E-state index is -0.0979. The van der Waals surface area contributed by atoms with Gasteiger partial charge in [0.2, 0.25) is 0 Å². The van der Waals surface area contributed by atoms with Crippen LogP contribution in [0.15, 0.2) is 24.3 Å². The minimum Gasteiger partial charge on any atom is -0.314 e. The second kappa shape index (κ2) is 7.01. The molecule has 1 heterocycles. The van der Waals surface area contributed by atoms with Crippen LogP contribution in [0.4, 0.5) is 4.39 Å². The maximum absolute atomic E-state index is 13.7. The number of hydrogen-bond donors (Lipinski definition) is 1. The first-order chi connectivity index (χ1) is 9.18. The third kappa shape index (κ3) is 4.02. The summed E-state index contributed by atoms with van der Waals surface area (Å²) in [6.07, 6.45) is 5.03. The van der Waals surface area contributed by atoms with Gasteiger partial charge in [0.15, 0.2) is 0 Å². The van der Waals surface area contributed by atoms with Crippen LogP contribution in [0.1, 0.15) is 44.2 Å². The van der Waals surface area contributed by atoms with E-state index >= 15 is 0 Å². The standard InChI is InChI=1S/C16H25FN2/c1-13(15-9-3-4-10-16(15)17)19(2)12-6-8-14-7-5-11-18-14/h3-4,9-10,13-14,18H,5-8,11-12H2,1-2H3. The van der Waals surface area contributed by atoms with Gasteiger partial charge in [0.05, 0.1) is 0 Å². The number of nitrogens with zero attached hydrogens (tertiary/aromatic N) is 1. The van der Waals surface area contributed by atoms with E-state index in [4.69, 9.17) is 0 Å². The van der Waals surface area contributed by atoms with Crippen molar-refractivity contribution in [2.75, 3.05) is 20.1 Å². The predicted octanol–water partition coefficient (Wildman–Crippen LogP) is 3.35. The summed E-state index contributed by atoms with van der Waals surface area (Å²) < 4.78 is 13.7. The van der Waals surface area contributed by atoms with E-state index in [0.717, 1.165) is 12.1 Å². The highest BCUT2D eigenvalue weighted by atomic mass is 19.1. The molecule has 0 amide bonds. The number of halogens is 1. The summed E-state index contributed by atoms with van der Waals surface area (Å²) in [5.74, 6) is -0.0979. The lowest BCUT2D eigenvalue weighted by atomic mass is 10.1. The van der Waals surface area contributed by atoms with E-state index in [1.165, 1.54) is 32.2 Å². The van der Waals surface area contributed by atoms with Gasteiger partial charge in [0, 0.05) is 17.6 Å². The lowest BCUT2D eigenvalue weighted by molar-refractivity contribution is 0.247. The van der Waals surface area contributed by atoms with Gasteiger partial charge in [-0.15, -0.1) is 0 Å². The third-order valence-electron chi connectivity index (χ3n) is 4.24. The van der Waals surface area contributed by atoms with Crippen molar-refractivity contribution in [2.45, 2.75) is 44.7 Å². The molecule has 0 aromatic heterocycles. The molecule has 2 nitrogen and oxygen atoms in total. The van der Waals surface area contributed by atoms with Crippen molar-refractivity contribution in [3.05, 3.63) is 35.6 Å². The number of hydrogen-bond acceptors (Lipinski definition) is 2. The van der Waals surface area contributed by atoms with Gasteiger partial charge in [-0.05, 0) is 58.8 Å². The monoisotopic (exact) mass is 264 g/mol. The Kier molecular flexibility index (Phi) is 5.34. The summed E-state index contributed by atoms with van der Waals surface area (Å²) in [6.45, 7) is 4.27. The number of benzene rings is 1. The summed E-state index contributed by atoms with van der Waals surface area (Å²) in [5.41, 5.74) is 0.795. The van der Waals surface area contributed by atoms with Gasteiger partial charge in [-0.3, -0.25) is 4.90 Å². The van der Waals surface area contributed by atoms with Gasteiger partial charge in [0.1, 0.15) is 5.82 Å². The molecule has 0 saturated carbocycles. The third-order valence-corrected chi connectivity index (χ3v) is 4.24. The van der Waals surface area contributed by atoms with Gasteiger partial charge in [-0.1, -0.05) is 18.2 Å². The molecule has 1 aromatic rings. The molecular weight excluding hydrogens is 239 g/mol. The quantitative estimate of drug-likeness (QED) is 0.847. The number of rotatable bonds is 6. The maximum Gasteiger partial charge on any atom is 0.127 e. The minimum absolute atomic E-state index is 0.0979. The van der Waals surface area contributed by atoms with E-state index in [0.29, 0.717) is 6.04 Å². The number of nitrogens with one attached hydrogen (secondary N) is 1. The van der Waals surface area contributed by atoms with Crippen molar-refractivity contribution in [3.63, 3.8) is 0 Å². The largest absolute Gasteiger partial charge is 0.314 e. The molecule has 106 valence electrons. The first-order valence-corrected chi connectivity index (χ1v) is 7.36. The van der Waals surface area contributed by atoms with Gasteiger partial charge >= 0.3 is 0 Å². The molecule has 19 heavy (non-hydrogen) atoms. The van der Waals surface area contributed by atoms with Crippen molar-refractivity contribution < 1.29 is 4.39 Å². The highest BCUT2D eigenvalue weighted by molar-refractivity contribution is 5.20. The van der Waals surface area contributed by atoms with E-state index in [-0.39, 0.29) is 11.9 Å². The fourth-order valence-electron chi connectivity index (χ4n) is 2.84. The van der Waals surface area contributed by atoms with Crippen LogP contribution in [0.25, 0.3) is 0 Å². The highest BCUT2D eigenvalue weighted by Crippen LogP contribution is 2.22. The molecular formula is C16H25FN2. The summed E-state index contributed by atoms with van der Waals surface area (Å²) in [6, 6.07) is 7.93. The van der Waals surface area contributed by atoms with E-state index in [1.807, 2.05) is 12.1 Å². The zero-order chi connectivity index (χ0) is 13.7. The van der Waals surface area contributed by atoms with Gasteiger partial charge < -0.3 is 5.32 Å². The molecule has 1 fully saturated rings. The average molecular weight is 264 g/mol. The molecule has 2 unspecified atom stereocenters. The SMILES string of the molecule is CC(c1ccccc1F)N(C)CCCC1CCCN1. The smallest absolute Gasteiger partial charge is 0.127 e. The molecule has 0 radical (unpaired) electrons. The molecule has 0 spiro atoms. The molecule has 3 heteroatoms. The van der Waals surface area contributed by atoms with Crippen LogP contribution in [-0.4, -0.2) is 31.1 Å². The maximum atomic E-state index is 13.7. The summed E-state index contributed by atoms with van der Waals surface area (Å²) in [7, 11) is 2.08. The summed E-state index contributed by atoms with van der Waals surface area (Å²) in [5, 5.41) is 3.52. The van der Waals surface area contributed by atoms with Crippen LogP contribution < -0.4 is 5.32 Å². The van der Waals surface area contributed by atoms with Crippen LogP contribution in [0, 0.1) is 5.82 Å². The summed E-state index contributed by atoms with van der Waals surface area (Å²) >= 11 is 0.